The molecule has 2 saturated heterocycles. The number of hydrogen-bond donors (Lipinski definition) is 3. The predicted molar refractivity (Wildman–Crippen MR) is 180 cm³/mol. The zero-order chi connectivity index (χ0) is 34.5. The Morgan fingerprint density at radius 3 is 2.65 bits per heavy atom. The van der Waals surface area contributed by atoms with Crippen LogP contribution in [-0.2, 0) is 30.8 Å². The molecule has 4 atom stereocenters. The van der Waals surface area contributed by atoms with Crippen LogP contribution in [0.3, 0.4) is 0 Å². The first-order chi connectivity index (χ1) is 23.7. The SMILES string of the molecule is CCOC(=O)CCN(C(=O)c1ccc2c(c1)nc(C(C)Nc1ccc(C(=N)NC(=O)O[C@H]3CO[C@H]4OCC[C@H]43)cc1)n2C)c1ccccn1. The summed E-state index contributed by atoms with van der Waals surface area (Å²) in [6.07, 6.45) is 0.985. The molecule has 0 aliphatic carbocycles. The maximum Gasteiger partial charge on any atom is 0.413 e. The van der Waals surface area contributed by atoms with E-state index in [9.17, 15) is 14.4 Å². The van der Waals surface area contributed by atoms with Crippen molar-refractivity contribution < 1.29 is 33.3 Å². The van der Waals surface area contributed by atoms with Gasteiger partial charge in [-0.1, -0.05) is 6.07 Å². The van der Waals surface area contributed by atoms with Gasteiger partial charge in [-0.05, 0) is 74.9 Å². The first-order valence-corrected chi connectivity index (χ1v) is 16.2. The number of nitrogens with zero attached hydrogens (tertiary/aromatic N) is 4. The molecule has 0 saturated carbocycles. The molecule has 2 fully saturated rings. The van der Waals surface area contributed by atoms with Crippen LogP contribution in [0, 0.1) is 11.3 Å². The topological polar surface area (TPSA) is 170 Å². The molecule has 49 heavy (non-hydrogen) atoms. The minimum Gasteiger partial charge on any atom is -0.466 e. The number of pyridine rings is 1. The molecule has 1 unspecified atom stereocenters. The van der Waals surface area contributed by atoms with Gasteiger partial charge in [0.15, 0.2) is 6.29 Å². The number of anilines is 2. The van der Waals surface area contributed by atoms with Gasteiger partial charge < -0.3 is 28.8 Å². The van der Waals surface area contributed by atoms with Crippen LogP contribution in [0.5, 0.6) is 0 Å². The lowest BCUT2D eigenvalue weighted by molar-refractivity contribution is -0.142. The Labute approximate surface area is 283 Å². The minimum absolute atomic E-state index is 0.0183. The number of imidazole rings is 1. The summed E-state index contributed by atoms with van der Waals surface area (Å²) in [5.41, 5.74) is 3.21. The molecule has 0 spiro atoms. The molecule has 2 aliphatic heterocycles. The van der Waals surface area contributed by atoms with Crippen LogP contribution in [0.4, 0.5) is 16.3 Å². The van der Waals surface area contributed by atoms with Gasteiger partial charge in [-0.3, -0.25) is 25.2 Å². The number of aromatic nitrogens is 3. The molecule has 2 aromatic carbocycles. The fourth-order valence-electron chi connectivity index (χ4n) is 6.10. The minimum atomic E-state index is -0.699. The fraction of sp³-hybridized carbons (Fsp3) is 0.371. The number of alkyl carbamates (subject to hydrolysis) is 1. The van der Waals surface area contributed by atoms with Crippen molar-refractivity contribution in [3.8, 4) is 0 Å². The first kappa shape index (κ1) is 33.6. The van der Waals surface area contributed by atoms with Crippen molar-refractivity contribution in [1.29, 1.82) is 5.41 Å². The number of amides is 2. The molecule has 256 valence electrons. The standard InChI is InChI=1S/C35H39N7O7/c1-4-46-30(43)14-17-42(29-7-5-6-16-37-29)33(44)23-10-13-27-26(19-23)39-32(41(27)3)21(2)38-24-11-8-22(9-12-24)31(36)40-35(45)49-28-20-48-34-25(28)15-18-47-34/h5-13,16,19,21,25,28,34,38H,4,14-15,17-18,20H2,1-3H3,(H2,36,40,45)/t21?,25-,28-,34+/m0/s1. The van der Waals surface area contributed by atoms with Crippen LogP contribution >= 0.6 is 0 Å². The van der Waals surface area contributed by atoms with Gasteiger partial charge in [0.2, 0.25) is 0 Å². The average molecular weight is 670 g/mol. The van der Waals surface area contributed by atoms with E-state index in [2.05, 4.69) is 15.6 Å². The molecule has 2 amide bonds. The van der Waals surface area contributed by atoms with Crippen LogP contribution in [-0.4, -0.2) is 77.1 Å². The van der Waals surface area contributed by atoms with Crippen LogP contribution in [0.25, 0.3) is 11.0 Å². The number of rotatable bonds is 11. The van der Waals surface area contributed by atoms with E-state index in [0.717, 1.165) is 23.4 Å². The van der Waals surface area contributed by atoms with Crippen molar-refractivity contribution in [2.45, 2.75) is 45.1 Å². The highest BCUT2D eigenvalue weighted by atomic mass is 16.7. The summed E-state index contributed by atoms with van der Waals surface area (Å²) in [5, 5.41) is 14.3. The highest BCUT2D eigenvalue weighted by Gasteiger charge is 2.44. The second-order valence-electron chi connectivity index (χ2n) is 11.8. The van der Waals surface area contributed by atoms with E-state index in [0.29, 0.717) is 29.1 Å². The number of ether oxygens (including phenoxy) is 4. The number of nitrogens with one attached hydrogen (secondary N) is 3. The number of fused-ring (bicyclic) bond motifs is 2. The third kappa shape index (κ3) is 7.55. The summed E-state index contributed by atoms with van der Waals surface area (Å²) >= 11 is 0. The van der Waals surface area contributed by atoms with Crippen molar-refractivity contribution in [1.82, 2.24) is 19.9 Å². The van der Waals surface area contributed by atoms with Gasteiger partial charge >= 0.3 is 12.1 Å². The second-order valence-corrected chi connectivity index (χ2v) is 11.8. The van der Waals surface area contributed by atoms with Crippen molar-refractivity contribution in [2.75, 3.05) is 36.6 Å². The molecule has 0 bridgehead atoms. The first-order valence-electron chi connectivity index (χ1n) is 16.2. The highest BCUT2D eigenvalue weighted by Crippen LogP contribution is 2.33. The lowest BCUT2D eigenvalue weighted by atomic mass is 10.0. The number of benzene rings is 2. The number of carbonyl (C=O) groups excluding carboxylic acids is 3. The van der Waals surface area contributed by atoms with Crippen LogP contribution < -0.4 is 15.5 Å². The van der Waals surface area contributed by atoms with Gasteiger partial charge in [-0.25, -0.2) is 14.8 Å². The smallest absolute Gasteiger partial charge is 0.413 e. The number of esters is 1. The zero-order valence-corrected chi connectivity index (χ0v) is 27.5. The van der Waals surface area contributed by atoms with E-state index < -0.39 is 12.2 Å². The van der Waals surface area contributed by atoms with E-state index >= 15 is 0 Å². The van der Waals surface area contributed by atoms with Gasteiger partial charge in [0.25, 0.3) is 5.91 Å². The third-order valence-electron chi connectivity index (χ3n) is 8.59. The Balaban J connectivity index is 1.10. The number of carbonyl (C=O) groups is 3. The average Bonchev–Trinajstić information content (AvgIpc) is 3.81. The van der Waals surface area contributed by atoms with E-state index in [1.807, 2.05) is 36.7 Å². The second kappa shape index (κ2) is 14.8. The largest absolute Gasteiger partial charge is 0.466 e. The molecule has 2 aromatic heterocycles. The lowest BCUT2D eigenvalue weighted by Crippen LogP contribution is -2.36. The molecule has 6 rings (SSSR count). The van der Waals surface area contributed by atoms with E-state index in [1.54, 1.807) is 55.6 Å². The maximum absolute atomic E-state index is 13.7. The van der Waals surface area contributed by atoms with Crippen molar-refractivity contribution in [3.05, 3.63) is 83.8 Å². The molecular weight excluding hydrogens is 630 g/mol. The summed E-state index contributed by atoms with van der Waals surface area (Å²) in [5.74, 6) is 0.428. The number of aryl methyl sites for hydroxylation is 1. The number of hydrogen-bond acceptors (Lipinski definition) is 11. The van der Waals surface area contributed by atoms with Gasteiger partial charge in [0.1, 0.15) is 23.6 Å². The Morgan fingerprint density at radius 1 is 1.10 bits per heavy atom. The van der Waals surface area contributed by atoms with E-state index in [4.69, 9.17) is 29.3 Å². The Kier molecular flexibility index (Phi) is 10.2. The predicted octanol–water partition coefficient (Wildman–Crippen LogP) is 4.55. The van der Waals surface area contributed by atoms with Crippen molar-refractivity contribution >= 4 is 46.3 Å². The molecule has 4 aromatic rings. The van der Waals surface area contributed by atoms with Gasteiger partial charge in [0, 0.05) is 36.6 Å². The fourth-order valence-corrected chi connectivity index (χ4v) is 6.10. The highest BCUT2D eigenvalue weighted by molar-refractivity contribution is 6.07. The molecular formula is C35H39N7O7. The van der Waals surface area contributed by atoms with Gasteiger partial charge in [0.05, 0.1) is 49.2 Å². The number of amidine groups is 1. The zero-order valence-electron chi connectivity index (χ0n) is 27.5. The van der Waals surface area contributed by atoms with Crippen LogP contribution in [0.15, 0.2) is 66.9 Å². The third-order valence-corrected chi connectivity index (χ3v) is 8.59. The Hall–Kier alpha value is -5.34. The van der Waals surface area contributed by atoms with Gasteiger partial charge in [-0.15, -0.1) is 0 Å². The van der Waals surface area contributed by atoms with Crippen LogP contribution in [0.2, 0.25) is 0 Å². The van der Waals surface area contributed by atoms with Crippen molar-refractivity contribution in [2.24, 2.45) is 13.0 Å². The Bertz CT molecular complexity index is 1830. The quantitative estimate of drug-likeness (QED) is 0.117. The van der Waals surface area contributed by atoms with Gasteiger partial charge in [-0.2, -0.15) is 0 Å². The molecule has 2 aliphatic rings. The van der Waals surface area contributed by atoms with E-state index in [1.165, 1.54) is 4.90 Å². The molecule has 0 radical (unpaired) electrons. The summed E-state index contributed by atoms with van der Waals surface area (Å²) in [7, 11) is 1.91. The summed E-state index contributed by atoms with van der Waals surface area (Å²) < 4.78 is 23.5. The molecule has 4 heterocycles. The Morgan fingerprint density at radius 2 is 1.90 bits per heavy atom. The normalized spacial score (nSPS) is 18.8. The summed E-state index contributed by atoms with van der Waals surface area (Å²) in [6, 6.07) is 17.5. The molecule has 14 nitrogen and oxygen atoms in total. The molecule has 3 N–H and O–H groups in total. The molecule has 14 heteroatoms. The lowest BCUT2D eigenvalue weighted by Gasteiger charge is -2.21. The van der Waals surface area contributed by atoms with Crippen LogP contribution in [0.1, 0.15) is 54.5 Å². The van der Waals surface area contributed by atoms with Crippen molar-refractivity contribution in [3.63, 3.8) is 0 Å². The maximum atomic E-state index is 13.7. The summed E-state index contributed by atoms with van der Waals surface area (Å²) in [4.78, 5) is 48.9. The summed E-state index contributed by atoms with van der Waals surface area (Å²) in [6.45, 7) is 4.96. The van der Waals surface area contributed by atoms with E-state index in [-0.39, 0.29) is 62.1 Å². The monoisotopic (exact) mass is 669 g/mol.